The lowest BCUT2D eigenvalue weighted by Crippen LogP contribution is -2.54. The first-order valence-corrected chi connectivity index (χ1v) is 12.8. The van der Waals surface area contributed by atoms with Crippen LogP contribution in [0.1, 0.15) is 22.8 Å². The molecule has 0 unspecified atom stereocenters. The second-order valence-electron chi connectivity index (χ2n) is 9.66. The van der Waals surface area contributed by atoms with E-state index in [0.29, 0.717) is 33.3 Å². The minimum Gasteiger partial charge on any atom is -0.387 e. The Morgan fingerprint density at radius 1 is 0.919 bits per heavy atom. The van der Waals surface area contributed by atoms with Gasteiger partial charge in [0.1, 0.15) is 5.54 Å². The molecule has 2 saturated heterocycles. The molecule has 3 aromatic carbocycles. The van der Waals surface area contributed by atoms with E-state index in [1.807, 2.05) is 30.3 Å². The predicted octanol–water partition coefficient (Wildman–Crippen LogP) is 3.69. The molecule has 0 saturated carbocycles. The number of imide groups is 1. The number of anilines is 1. The van der Waals surface area contributed by atoms with Crippen molar-refractivity contribution in [3.63, 3.8) is 0 Å². The summed E-state index contributed by atoms with van der Waals surface area (Å²) < 4.78 is 0. The number of likely N-dealkylation sites (tertiary alicyclic amines) is 1. The molecule has 3 N–H and O–H groups in total. The Labute approximate surface area is 223 Å². The number of nitrogens with zero attached hydrogens (tertiary/aromatic N) is 1. The van der Waals surface area contributed by atoms with Gasteiger partial charge in [0.25, 0.3) is 0 Å². The van der Waals surface area contributed by atoms with Crippen LogP contribution in [0.2, 0.25) is 10.0 Å². The van der Waals surface area contributed by atoms with E-state index in [1.54, 1.807) is 42.5 Å². The van der Waals surface area contributed by atoms with Gasteiger partial charge >= 0.3 is 0 Å². The van der Waals surface area contributed by atoms with Gasteiger partial charge < -0.3 is 10.4 Å². The Morgan fingerprint density at radius 2 is 1.65 bits per heavy atom. The maximum absolute atomic E-state index is 13.9. The van der Waals surface area contributed by atoms with E-state index < -0.39 is 47.2 Å². The van der Waals surface area contributed by atoms with Crippen LogP contribution in [0.3, 0.4) is 0 Å². The van der Waals surface area contributed by atoms with Crippen molar-refractivity contribution in [2.24, 2.45) is 11.8 Å². The van der Waals surface area contributed by atoms with Crippen LogP contribution in [0, 0.1) is 11.8 Å². The van der Waals surface area contributed by atoms with Gasteiger partial charge in [-0.25, -0.2) is 0 Å². The zero-order valence-corrected chi connectivity index (χ0v) is 21.0. The Morgan fingerprint density at radius 3 is 2.38 bits per heavy atom. The summed E-state index contributed by atoms with van der Waals surface area (Å²) in [6.07, 6.45) is -0.692. The number of para-hydroxylation sites is 1. The van der Waals surface area contributed by atoms with Gasteiger partial charge in [-0.15, -0.1) is 0 Å². The van der Waals surface area contributed by atoms with Crippen molar-refractivity contribution < 1.29 is 19.5 Å². The Hall–Kier alpha value is -3.23. The number of amides is 3. The summed E-state index contributed by atoms with van der Waals surface area (Å²) in [6, 6.07) is 20.4. The summed E-state index contributed by atoms with van der Waals surface area (Å²) in [5, 5.41) is 18.3. The maximum atomic E-state index is 13.9. The lowest BCUT2D eigenvalue weighted by molar-refractivity contribution is -0.143. The molecule has 3 aliphatic heterocycles. The fourth-order valence-corrected chi connectivity index (χ4v) is 6.37. The molecular formula is C28H23Cl2N3O4. The van der Waals surface area contributed by atoms with Crippen molar-refractivity contribution in [3.05, 3.63) is 99.5 Å². The molecule has 0 bridgehead atoms. The summed E-state index contributed by atoms with van der Waals surface area (Å²) in [5.74, 6) is -3.31. The van der Waals surface area contributed by atoms with E-state index in [9.17, 15) is 19.5 Å². The lowest BCUT2D eigenvalue weighted by Gasteiger charge is -2.30. The Kier molecular flexibility index (Phi) is 5.84. The molecule has 0 aliphatic carbocycles. The third-order valence-electron chi connectivity index (χ3n) is 7.74. The van der Waals surface area contributed by atoms with E-state index in [4.69, 9.17) is 23.2 Å². The highest BCUT2D eigenvalue weighted by atomic mass is 35.5. The van der Waals surface area contributed by atoms with Crippen LogP contribution in [-0.2, 0) is 26.3 Å². The molecule has 7 nitrogen and oxygen atoms in total. The molecule has 188 valence electrons. The zero-order valence-electron chi connectivity index (χ0n) is 19.5. The van der Waals surface area contributed by atoms with Crippen LogP contribution in [0.15, 0.2) is 72.8 Å². The van der Waals surface area contributed by atoms with Crippen LogP contribution in [-0.4, -0.2) is 40.3 Å². The Balaban J connectivity index is 1.43. The Bertz CT molecular complexity index is 1410. The molecule has 3 amide bonds. The highest BCUT2D eigenvalue weighted by molar-refractivity contribution is 6.35. The van der Waals surface area contributed by atoms with Crippen LogP contribution in [0.5, 0.6) is 0 Å². The number of rotatable bonds is 5. The second-order valence-corrected chi connectivity index (χ2v) is 10.5. The summed E-state index contributed by atoms with van der Waals surface area (Å²) >= 11 is 12.4. The molecule has 3 aliphatic rings. The average molecular weight is 536 g/mol. The molecule has 0 aromatic heterocycles. The number of carbonyl (C=O) groups is 3. The summed E-state index contributed by atoms with van der Waals surface area (Å²) in [7, 11) is 0. The number of nitrogens with one attached hydrogen (secondary N) is 2. The van der Waals surface area contributed by atoms with Crippen LogP contribution >= 0.6 is 23.2 Å². The highest BCUT2D eigenvalue weighted by Crippen LogP contribution is 2.55. The summed E-state index contributed by atoms with van der Waals surface area (Å²) in [5.41, 5.74) is 0.866. The van der Waals surface area contributed by atoms with E-state index in [1.165, 1.54) is 4.90 Å². The fraction of sp³-hybridized carbons (Fsp3) is 0.250. The van der Waals surface area contributed by atoms with Crippen molar-refractivity contribution in [3.8, 4) is 0 Å². The van der Waals surface area contributed by atoms with Gasteiger partial charge in [0, 0.05) is 17.1 Å². The van der Waals surface area contributed by atoms with E-state index >= 15 is 0 Å². The summed E-state index contributed by atoms with van der Waals surface area (Å²) in [6.45, 7) is 0.179. The molecule has 5 atom stereocenters. The number of hydrogen-bond donors (Lipinski definition) is 3. The van der Waals surface area contributed by atoms with Crippen molar-refractivity contribution >= 4 is 46.6 Å². The third-order valence-corrected chi connectivity index (χ3v) is 8.31. The lowest BCUT2D eigenvalue weighted by atomic mass is 9.76. The SMILES string of the molecule is O=C1[C@H]2[C@H]([C@H](O)c3ccc(Cl)cc3)N[C@@]3(C(=O)Nc4c(Cl)cccc43)[C@H]2C(=O)N1CCc1ccccc1. The van der Waals surface area contributed by atoms with Crippen molar-refractivity contribution in [1.82, 2.24) is 10.2 Å². The third kappa shape index (κ3) is 3.61. The van der Waals surface area contributed by atoms with Crippen LogP contribution in [0.4, 0.5) is 5.69 Å². The molecular weight excluding hydrogens is 513 g/mol. The molecule has 37 heavy (non-hydrogen) atoms. The van der Waals surface area contributed by atoms with Gasteiger partial charge in [0.05, 0.1) is 34.7 Å². The number of halogens is 2. The number of hydrogen-bond acceptors (Lipinski definition) is 5. The molecule has 3 heterocycles. The van der Waals surface area contributed by atoms with Crippen molar-refractivity contribution in [2.45, 2.75) is 24.1 Å². The standard InChI is InChI=1S/C28H23Cl2N3O4/c29-17-11-9-16(10-12-17)24(34)23-20-21(26(36)33(25(20)35)14-13-15-5-2-1-3-6-15)28(32-23)18-7-4-8-19(30)22(18)31-27(28)37/h1-12,20-21,23-24,32,34H,13-14H2,(H,31,37)/t20-,21-,23-,24-,28-/m1/s1. The van der Waals surface area contributed by atoms with E-state index in [2.05, 4.69) is 10.6 Å². The minimum atomic E-state index is -1.54. The first-order chi connectivity index (χ1) is 17.8. The topological polar surface area (TPSA) is 98.7 Å². The molecule has 1 spiro atoms. The average Bonchev–Trinajstić information content (AvgIpc) is 3.49. The van der Waals surface area contributed by atoms with Crippen LogP contribution in [0.25, 0.3) is 0 Å². The zero-order chi connectivity index (χ0) is 25.9. The minimum absolute atomic E-state index is 0.179. The molecule has 3 aromatic rings. The van der Waals surface area contributed by atoms with Gasteiger partial charge in [0.15, 0.2) is 0 Å². The predicted molar refractivity (Wildman–Crippen MR) is 139 cm³/mol. The van der Waals surface area contributed by atoms with Gasteiger partial charge in [-0.3, -0.25) is 24.6 Å². The number of fused-ring (bicyclic) bond motifs is 4. The summed E-state index contributed by atoms with van der Waals surface area (Å²) in [4.78, 5) is 42.6. The smallest absolute Gasteiger partial charge is 0.250 e. The number of aliphatic hydroxyl groups is 1. The van der Waals surface area contributed by atoms with Gasteiger partial charge in [0.2, 0.25) is 17.7 Å². The molecule has 2 fully saturated rings. The first-order valence-electron chi connectivity index (χ1n) is 12.0. The van der Waals surface area contributed by atoms with E-state index in [0.717, 1.165) is 5.56 Å². The maximum Gasteiger partial charge on any atom is 0.250 e. The fourth-order valence-electron chi connectivity index (χ4n) is 6.03. The molecule has 6 rings (SSSR count). The highest BCUT2D eigenvalue weighted by Gasteiger charge is 2.71. The molecule has 9 heteroatoms. The van der Waals surface area contributed by atoms with Crippen molar-refractivity contribution in [1.29, 1.82) is 0 Å². The number of benzene rings is 3. The van der Waals surface area contributed by atoms with Gasteiger partial charge in [-0.2, -0.15) is 0 Å². The second kappa shape index (κ2) is 8.96. The number of carbonyl (C=O) groups excluding carboxylic acids is 3. The van der Waals surface area contributed by atoms with Crippen molar-refractivity contribution in [2.75, 3.05) is 11.9 Å². The van der Waals surface area contributed by atoms with Gasteiger partial charge in [-0.1, -0.05) is 77.8 Å². The largest absolute Gasteiger partial charge is 0.387 e. The quantitative estimate of drug-likeness (QED) is 0.433. The monoisotopic (exact) mass is 535 g/mol. The molecule has 0 radical (unpaired) electrons. The first kappa shape index (κ1) is 24.1. The van der Waals surface area contributed by atoms with E-state index in [-0.39, 0.29) is 6.54 Å². The van der Waals surface area contributed by atoms with Crippen LogP contribution < -0.4 is 10.6 Å². The van der Waals surface area contributed by atoms with Gasteiger partial charge in [-0.05, 0) is 35.7 Å². The normalized spacial score (nSPS) is 26.9. The number of aliphatic hydroxyl groups excluding tert-OH is 1.